The van der Waals surface area contributed by atoms with Crippen LogP contribution in [0.25, 0.3) is 0 Å². The lowest BCUT2D eigenvalue weighted by Crippen LogP contribution is -2.46. The van der Waals surface area contributed by atoms with Crippen molar-refractivity contribution in [3.05, 3.63) is 54.1 Å². The van der Waals surface area contributed by atoms with Crippen molar-refractivity contribution < 1.29 is 17.9 Å². The number of fused-ring (bicyclic) bond motifs is 2. The Morgan fingerprint density at radius 3 is 2.48 bits per heavy atom. The number of hydrogen-bond acceptors (Lipinski definition) is 4. The molecular weight excluding hydrogens is 412 g/mol. The summed E-state index contributed by atoms with van der Waals surface area (Å²) in [5.41, 5.74) is 1.34. The Morgan fingerprint density at radius 2 is 1.84 bits per heavy atom. The molecule has 2 aliphatic rings. The molecule has 0 heterocycles. The molecule has 2 aromatic carbocycles. The van der Waals surface area contributed by atoms with Crippen molar-refractivity contribution in [2.45, 2.75) is 50.5 Å². The number of para-hydroxylation sites is 2. The number of anilines is 1. The van der Waals surface area contributed by atoms with Gasteiger partial charge in [-0.3, -0.25) is 9.10 Å². The predicted octanol–water partition coefficient (Wildman–Crippen LogP) is 3.89. The number of nitrogens with zero attached hydrogens (tertiary/aromatic N) is 1. The molecule has 0 unspecified atom stereocenters. The number of hydrogen-bond donors (Lipinski definition) is 1. The maximum Gasteiger partial charge on any atom is 0.264 e. The number of amides is 1. The van der Waals surface area contributed by atoms with Crippen molar-refractivity contribution >= 4 is 21.6 Å². The molecule has 0 aromatic heterocycles. The normalized spacial score (nSPS) is 22.3. The third-order valence-electron chi connectivity index (χ3n) is 6.41. The van der Waals surface area contributed by atoms with Gasteiger partial charge in [-0.2, -0.15) is 0 Å². The Balaban J connectivity index is 1.64. The first-order chi connectivity index (χ1) is 14.9. The molecule has 2 aromatic rings. The summed E-state index contributed by atoms with van der Waals surface area (Å²) < 4.78 is 34.0. The second kappa shape index (κ2) is 8.91. The van der Waals surface area contributed by atoms with Crippen LogP contribution in [0.3, 0.4) is 0 Å². The third-order valence-corrected chi connectivity index (χ3v) is 8.19. The summed E-state index contributed by atoms with van der Waals surface area (Å²) in [4.78, 5) is 13.2. The standard InChI is InChI=1S/C24H30N2O4S/c1-3-30-23-7-5-4-6-22(23)26(31(28,29)20-12-8-17(2)9-13-20)16-24(27)25-21-15-18-10-11-19(21)14-18/h4-9,12-13,18-19,21H,3,10-11,14-16H2,1-2H3,(H,25,27)/t18-,19+,21-/m1/s1. The summed E-state index contributed by atoms with van der Waals surface area (Å²) in [6.07, 6.45) is 4.56. The van der Waals surface area contributed by atoms with Gasteiger partial charge in [0.25, 0.3) is 10.0 Å². The average molecular weight is 443 g/mol. The lowest BCUT2D eigenvalue weighted by molar-refractivity contribution is -0.120. The molecule has 2 fully saturated rings. The van der Waals surface area contributed by atoms with Crippen molar-refractivity contribution in [2.24, 2.45) is 11.8 Å². The molecule has 2 aliphatic carbocycles. The van der Waals surface area contributed by atoms with E-state index in [1.807, 2.05) is 13.8 Å². The van der Waals surface area contributed by atoms with Gasteiger partial charge in [-0.15, -0.1) is 0 Å². The van der Waals surface area contributed by atoms with Gasteiger partial charge in [-0.25, -0.2) is 8.42 Å². The number of nitrogens with one attached hydrogen (secondary N) is 1. The van der Waals surface area contributed by atoms with Crippen LogP contribution < -0.4 is 14.4 Å². The number of benzene rings is 2. The van der Waals surface area contributed by atoms with Crippen molar-refractivity contribution in [1.82, 2.24) is 5.32 Å². The first-order valence-corrected chi connectivity index (χ1v) is 12.4. The maximum atomic E-state index is 13.6. The lowest BCUT2D eigenvalue weighted by atomic mass is 9.95. The summed E-state index contributed by atoms with van der Waals surface area (Å²) in [5.74, 6) is 1.38. The number of aryl methyl sites for hydroxylation is 1. The van der Waals surface area contributed by atoms with Gasteiger partial charge in [0.1, 0.15) is 12.3 Å². The maximum absolute atomic E-state index is 13.6. The van der Waals surface area contributed by atoms with Gasteiger partial charge >= 0.3 is 0 Å². The van der Waals surface area contributed by atoms with E-state index in [1.165, 1.54) is 17.1 Å². The van der Waals surface area contributed by atoms with Gasteiger partial charge in [-0.1, -0.05) is 36.2 Å². The minimum atomic E-state index is -3.96. The van der Waals surface area contributed by atoms with Crippen LogP contribution in [-0.2, 0) is 14.8 Å². The van der Waals surface area contributed by atoms with Crippen molar-refractivity contribution in [3.8, 4) is 5.75 Å². The molecule has 2 bridgehead atoms. The summed E-state index contributed by atoms with van der Waals surface area (Å²) in [6, 6.07) is 13.8. The fourth-order valence-corrected chi connectivity index (χ4v) is 6.31. The Bertz CT molecular complexity index is 1040. The van der Waals surface area contributed by atoms with Gasteiger partial charge in [0, 0.05) is 6.04 Å². The van der Waals surface area contributed by atoms with Gasteiger partial charge in [0.05, 0.1) is 17.2 Å². The zero-order valence-electron chi connectivity index (χ0n) is 18.1. The van der Waals surface area contributed by atoms with Crippen LogP contribution in [-0.4, -0.2) is 33.5 Å². The van der Waals surface area contributed by atoms with Crippen LogP contribution >= 0.6 is 0 Å². The van der Waals surface area contributed by atoms with E-state index in [9.17, 15) is 13.2 Å². The minimum absolute atomic E-state index is 0.150. The van der Waals surface area contributed by atoms with Crippen LogP contribution in [0.15, 0.2) is 53.4 Å². The Morgan fingerprint density at radius 1 is 1.10 bits per heavy atom. The zero-order chi connectivity index (χ0) is 22.0. The number of sulfonamides is 1. The zero-order valence-corrected chi connectivity index (χ0v) is 18.9. The fraction of sp³-hybridized carbons (Fsp3) is 0.458. The molecule has 0 saturated heterocycles. The molecule has 0 spiro atoms. The molecule has 3 atom stereocenters. The second-order valence-corrected chi connectivity index (χ2v) is 10.4. The van der Waals surface area contributed by atoms with Crippen molar-refractivity contribution in [1.29, 1.82) is 0 Å². The molecule has 1 N–H and O–H groups in total. The van der Waals surface area contributed by atoms with E-state index in [2.05, 4.69) is 5.32 Å². The van der Waals surface area contributed by atoms with Crippen LogP contribution in [0, 0.1) is 18.8 Å². The third kappa shape index (κ3) is 4.56. The lowest BCUT2D eigenvalue weighted by Gasteiger charge is -2.28. The first kappa shape index (κ1) is 21.7. The van der Waals surface area contributed by atoms with Crippen LogP contribution in [0.2, 0.25) is 0 Å². The van der Waals surface area contributed by atoms with E-state index in [0.29, 0.717) is 29.9 Å². The monoisotopic (exact) mass is 442 g/mol. The molecule has 0 radical (unpaired) electrons. The van der Waals surface area contributed by atoms with Crippen molar-refractivity contribution in [2.75, 3.05) is 17.5 Å². The van der Waals surface area contributed by atoms with E-state index in [-0.39, 0.29) is 23.4 Å². The van der Waals surface area contributed by atoms with E-state index >= 15 is 0 Å². The summed E-state index contributed by atoms with van der Waals surface area (Å²) in [7, 11) is -3.96. The predicted molar refractivity (Wildman–Crippen MR) is 121 cm³/mol. The number of rotatable bonds is 8. The first-order valence-electron chi connectivity index (χ1n) is 11.0. The van der Waals surface area contributed by atoms with Crippen LogP contribution in [0.1, 0.15) is 38.2 Å². The average Bonchev–Trinajstić information content (AvgIpc) is 3.36. The molecule has 6 nitrogen and oxygen atoms in total. The molecule has 7 heteroatoms. The molecule has 4 rings (SSSR count). The van der Waals surface area contributed by atoms with E-state index in [4.69, 9.17) is 4.74 Å². The summed E-state index contributed by atoms with van der Waals surface area (Å²) in [6.45, 7) is 3.86. The molecule has 31 heavy (non-hydrogen) atoms. The van der Waals surface area contributed by atoms with Gasteiger partial charge < -0.3 is 10.1 Å². The van der Waals surface area contributed by atoms with E-state index in [0.717, 1.165) is 18.4 Å². The molecule has 2 saturated carbocycles. The number of carbonyl (C=O) groups excluding carboxylic acids is 1. The highest BCUT2D eigenvalue weighted by atomic mass is 32.2. The minimum Gasteiger partial charge on any atom is -0.492 e. The van der Waals surface area contributed by atoms with E-state index in [1.54, 1.807) is 48.5 Å². The van der Waals surface area contributed by atoms with Gasteiger partial charge in [-0.05, 0) is 69.2 Å². The van der Waals surface area contributed by atoms with Gasteiger partial charge in [0.15, 0.2) is 0 Å². The molecule has 0 aliphatic heterocycles. The van der Waals surface area contributed by atoms with Crippen LogP contribution in [0.4, 0.5) is 5.69 Å². The van der Waals surface area contributed by atoms with Crippen molar-refractivity contribution in [3.63, 3.8) is 0 Å². The largest absolute Gasteiger partial charge is 0.492 e. The molecular formula is C24H30N2O4S. The topological polar surface area (TPSA) is 75.7 Å². The fourth-order valence-electron chi connectivity index (χ4n) is 4.88. The van der Waals surface area contributed by atoms with E-state index < -0.39 is 10.0 Å². The quantitative estimate of drug-likeness (QED) is 0.673. The SMILES string of the molecule is CCOc1ccccc1N(CC(=O)N[C@@H]1C[C@@H]2CC[C@H]1C2)S(=O)(=O)c1ccc(C)cc1. The highest BCUT2D eigenvalue weighted by molar-refractivity contribution is 7.92. The summed E-state index contributed by atoms with van der Waals surface area (Å²) in [5, 5.41) is 3.11. The number of carbonyl (C=O) groups is 1. The Kier molecular flexibility index (Phi) is 6.23. The van der Waals surface area contributed by atoms with Gasteiger partial charge in [0.2, 0.25) is 5.91 Å². The Hall–Kier alpha value is -2.54. The highest BCUT2D eigenvalue weighted by Crippen LogP contribution is 2.44. The van der Waals surface area contributed by atoms with Crippen LogP contribution in [0.5, 0.6) is 5.75 Å². The highest BCUT2D eigenvalue weighted by Gasteiger charge is 2.40. The smallest absolute Gasteiger partial charge is 0.264 e. The molecule has 1 amide bonds. The second-order valence-electron chi connectivity index (χ2n) is 8.57. The number of ether oxygens (including phenoxy) is 1. The summed E-state index contributed by atoms with van der Waals surface area (Å²) >= 11 is 0. The molecule has 166 valence electrons. The Labute approximate surface area is 184 Å².